The van der Waals surface area contributed by atoms with E-state index in [2.05, 4.69) is 10.3 Å². The van der Waals surface area contributed by atoms with Crippen LogP contribution in [-0.4, -0.2) is 17.4 Å². The van der Waals surface area contributed by atoms with E-state index in [4.69, 9.17) is 16.3 Å². The van der Waals surface area contributed by atoms with Gasteiger partial charge >= 0.3 is 6.09 Å². The molecule has 0 bridgehead atoms. The van der Waals surface area contributed by atoms with Crippen LogP contribution in [0.1, 0.15) is 16.7 Å². The largest absolute Gasteiger partial charge is 0.507 e. The molecular formula is C22H19ClN2O3. The highest BCUT2D eigenvalue weighted by Gasteiger charge is 2.07. The summed E-state index contributed by atoms with van der Waals surface area (Å²) in [6.07, 6.45) is 1.02. The molecule has 1 amide bonds. The maximum absolute atomic E-state index is 12.0. The number of aromatic hydroxyl groups is 1. The van der Waals surface area contributed by atoms with Crippen molar-refractivity contribution in [3.8, 4) is 5.75 Å². The summed E-state index contributed by atoms with van der Waals surface area (Å²) in [6.45, 7) is 0.0693. The Kier molecular flexibility index (Phi) is 6.65. The van der Waals surface area contributed by atoms with Crippen molar-refractivity contribution in [2.45, 2.75) is 12.5 Å². The monoisotopic (exact) mass is 394 g/mol. The zero-order chi connectivity index (χ0) is 19.8. The summed E-state index contributed by atoms with van der Waals surface area (Å²) in [5.41, 5.74) is 3.62. The number of ether oxygens (including phenoxy) is 1. The molecule has 0 aliphatic rings. The van der Waals surface area contributed by atoms with Crippen LogP contribution < -0.4 is 5.32 Å². The van der Waals surface area contributed by atoms with Crippen LogP contribution >= 0.6 is 11.6 Å². The number of para-hydroxylation sites is 2. The number of hydrogen-bond acceptors (Lipinski definition) is 4. The van der Waals surface area contributed by atoms with E-state index in [0.717, 1.165) is 11.1 Å². The van der Waals surface area contributed by atoms with E-state index in [1.165, 1.54) is 0 Å². The average Bonchev–Trinajstić information content (AvgIpc) is 2.73. The zero-order valence-electron chi connectivity index (χ0n) is 15.0. The molecule has 3 aromatic carbocycles. The standard InChI is InChI=1S/C22H19ClN2O3/c23-13-16-9-11-19(12-10-16)25-22(27)28-15-18-6-1-3-7-20(18)24-14-17-5-2-4-8-21(17)26/h1-12,14,26H,13,15H2,(H,25,27). The number of aliphatic imine (C=N–C) groups is 1. The minimum atomic E-state index is -0.557. The second-order valence-electron chi connectivity index (χ2n) is 5.98. The number of carbonyl (C=O) groups is 1. The number of nitrogens with one attached hydrogen (secondary N) is 1. The average molecular weight is 395 g/mol. The van der Waals surface area contributed by atoms with Gasteiger partial charge in [0, 0.05) is 28.9 Å². The van der Waals surface area contributed by atoms with Gasteiger partial charge in [-0.25, -0.2) is 4.79 Å². The van der Waals surface area contributed by atoms with E-state index in [0.29, 0.717) is 22.8 Å². The van der Waals surface area contributed by atoms with Gasteiger partial charge in [0.05, 0.1) is 5.69 Å². The quantitative estimate of drug-likeness (QED) is 0.420. The maximum Gasteiger partial charge on any atom is 0.411 e. The lowest BCUT2D eigenvalue weighted by Gasteiger charge is -2.09. The highest BCUT2D eigenvalue weighted by molar-refractivity contribution is 6.17. The summed E-state index contributed by atoms with van der Waals surface area (Å²) in [6, 6.07) is 21.5. The SMILES string of the molecule is O=C(Nc1ccc(CCl)cc1)OCc1ccccc1N=Cc1ccccc1O. The molecule has 0 unspecified atom stereocenters. The van der Waals surface area contributed by atoms with Gasteiger partial charge in [0.15, 0.2) is 0 Å². The van der Waals surface area contributed by atoms with Crippen molar-refractivity contribution in [2.75, 3.05) is 5.32 Å². The van der Waals surface area contributed by atoms with Gasteiger partial charge in [-0.1, -0.05) is 42.5 Å². The molecule has 28 heavy (non-hydrogen) atoms. The molecule has 2 N–H and O–H groups in total. The first-order chi connectivity index (χ1) is 13.7. The lowest BCUT2D eigenvalue weighted by Crippen LogP contribution is -2.13. The molecule has 0 saturated heterocycles. The van der Waals surface area contributed by atoms with Gasteiger partial charge in [-0.05, 0) is 35.9 Å². The van der Waals surface area contributed by atoms with Crippen LogP contribution in [0.15, 0.2) is 77.8 Å². The van der Waals surface area contributed by atoms with Crippen molar-refractivity contribution < 1.29 is 14.6 Å². The number of anilines is 1. The normalized spacial score (nSPS) is 10.8. The molecule has 5 nitrogen and oxygen atoms in total. The molecular weight excluding hydrogens is 376 g/mol. The number of phenols is 1. The first-order valence-corrected chi connectivity index (χ1v) is 9.18. The maximum atomic E-state index is 12.0. The molecule has 0 fully saturated rings. The van der Waals surface area contributed by atoms with Crippen molar-refractivity contribution in [3.63, 3.8) is 0 Å². The van der Waals surface area contributed by atoms with Gasteiger partial charge < -0.3 is 9.84 Å². The third kappa shape index (κ3) is 5.34. The smallest absolute Gasteiger partial charge is 0.411 e. The number of alkyl halides is 1. The van der Waals surface area contributed by atoms with Crippen molar-refractivity contribution in [2.24, 2.45) is 4.99 Å². The fourth-order valence-electron chi connectivity index (χ4n) is 2.47. The van der Waals surface area contributed by atoms with E-state index in [-0.39, 0.29) is 12.4 Å². The Morgan fingerprint density at radius 3 is 2.50 bits per heavy atom. The Morgan fingerprint density at radius 2 is 1.75 bits per heavy atom. The molecule has 6 heteroatoms. The van der Waals surface area contributed by atoms with Crippen molar-refractivity contribution in [1.82, 2.24) is 0 Å². The number of hydrogen-bond donors (Lipinski definition) is 2. The summed E-state index contributed by atoms with van der Waals surface area (Å²) in [4.78, 5) is 16.5. The fraction of sp³-hybridized carbons (Fsp3) is 0.0909. The van der Waals surface area contributed by atoms with Crippen LogP contribution in [0.5, 0.6) is 5.75 Å². The number of carbonyl (C=O) groups excluding carboxylic acids is 1. The molecule has 3 rings (SSSR count). The van der Waals surface area contributed by atoms with Gasteiger partial charge in [0.2, 0.25) is 0 Å². The van der Waals surface area contributed by atoms with Gasteiger partial charge in [-0.15, -0.1) is 11.6 Å². The summed E-state index contributed by atoms with van der Waals surface area (Å²) in [5.74, 6) is 0.572. The summed E-state index contributed by atoms with van der Waals surface area (Å²) < 4.78 is 5.31. The zero-order valence-corrected chi connectivity index (χ0v) is 15.8. The van der Waals surface area contributed by atoms with Crippen LogP contribution in [0.25, 0.3) is 0 Å². The highest BCUT2D eigenvalue weighted by atomic mass is 35.5. The van der Waals surface area contributed by atoms with E-state index in [1.54, 1.807) is 36.5 Å². The molecule has 0 saturated carbocycles. The number of amides is 1. The van der Waals surface area contributed by atoms with E-state index >= 15 is 0 Å². The van der Waals surface area contributed by atoms with Crippen molar-refractivity contribution in [3.05, 3.63) is 89.5 Å². The molecule has 0 aliphatic carbocycles. The van der Waals surface area contributed by atoms with E-state index in [9.17, 15) is 9.90 Å². The Hall–Kier alpha value is -3.31. The molecule has 142 valence electrons. The Balaban J connectivity index is 1.63. The topological polar surface area (TPSA) is 70.9 Å². The van der Waals surface area contributed by atoms with Crippen LogP contribution in [0.2, 0.25) is 0 Å². The Morgan fingerprint density at radius 1 is 1.04 bits per heavy atom. The predicted molar refractivity (Wildman–Crippen MR) is 112 cm³/mol. The lowest BCUT2D eigenvalue weighted by atomic mass is 10.2. The molecule has 3 aromatic rings. The van der Waals surface area contributed by atoms with Crippen LogP contribution in [0.3, 0.4) is 0 Å². The van der Waals surface area contributed by atoms with Gasteiger partial charge in [0.25, 0.3) is 0 Å². The molecule has 0 aliphatic heterocycles. The molecule has 0 radical (unpaired) electrons. The van der Waals surface area contributed by atoms with Gasteiger partial charge in [-0.3, -0.25) is 10.3 Å². The van der Waals surface area contributed by atoms with Crippen LogP contribution in [0, 0.1) is 0 Å². The fourth-order valence-corrected chi connectivity index (χ4v) is 2.65. The molecule has 0 atom stereocenters. The van der Waals surface area contributed by atoms with E-state index in [1.807, 2.05) is 42.5 Å². The first kappa shape index (κ1) is 19.5. The second kappa shape index (κ2) is 9.58. The molecule has 0 aromatic heterocycles. The number of phenolic OH excluding ortho intramolecular Hbond substituents is 1. The summed E-state index contributed by atoms with van der Waals surface area (Å²) in [7, 11) is 0. The number of rotatable bonds is 6. The Labute approximate surface area is 168 Å². The molecule has 0 heterocycles. The number of halogens is 1. The minimum Gasteiger partial charge on any atom is -0.507 e. The number of benzene rings is 3. The van der Waals surface area contributed by atoms with Crippen LogP contribution in [0.4, 0.5) is 16.2 Å². The summed E-state index contributed by atoms with van der Waals surface area (Å²) >= 11 is 5.75. The third-order valence-electron chi connectivity index (χ3n) is 3.98. The second-order valence-corrected chi connectivity index (χ2v) is 6.24. The van der Waals surface area contributed by atoms with Crippen LogP contribution in [-0.2, 0) is 17.2 Å². The van der Waals surface area contributed by atoms with Crippen molar-refractivity contribution in [1.29, 1.82) is 0 Å². The van der Waals surface area contributed by atoms with Gasteiger partial charge in [0.1, 0.15) is 12.4 Å². The predicted octanol–water partition coefficient (Wildman–Crippen LogP) is 5.63. The summed E-state index contributed by atoms with van der Waals surface area (Å²) in [5, 5.41) is 12.5. The number of nitrogens with zero attached hydrogens (tertiary/aromatic N) is 1. The third-order valence-corrected chi connectivity index (χ3v) is 4.29. The van der Waals surface area contributed by atoms with Gasteiger partial charge in [-0.2, -0.15) is 0 Å². The first-order valence-electron chi connectivity index (χ1n) is 8.64. The van der Waals surface area contributed by atoms with Crippen molar-refractivity contribution >= 4 is 35.3 Å². The highest BCUT2D eigenvalue weighted by Crippen LogP contribution is 2.21. The lowest BCUT2D eigenvalue weighted by molar-refractivity contribution is 0.155. The molecule has 0 spiro atoms. The van der Waals surface area contributed by atoms with E-state index < -0.39 is 6.09 Å². The minimum absolute atomic E-state index is 0.0693. The Bertz CT molecular complexity index is 972.